The van der Waals surface area contributed by atoms with Crippen LogP contribution in [0.1, 0.15) is 0 Å². The molecule has 0 aliphatic heterocycles. The van der Waals surface area contributed by atoms with E-state index in [1.54, 1.807) is 6.20 Å². The zero-order valence-corrected chi connectivity index (χ0v) is 30.2. The molecule has 7 aromatic carbocycles. The molecule has 262 valence electrons. The third-order valence-corrected chi connectivity index (χ3v) is 10.8. The van der Waals surface area contributed by atoms with E-state index in [0.717, 1.165) is 94.0 Å². The van der Waals surface area contributed by atoms with E-state index in [1.807, 2.05) is 48.8 Å². The molecule has 11 aromatic rings. The largest absolute Gasteiger partial charge is 0.438 e. The van der Waals surface area contributed by atoms with Crippen molar-refractivity contribution in [2.45, 2.75) is 0 Å². The third-order valence-electron chi connectivity index (χ3n) is 10.8. The van der Waals surface area contributed by atoms with Gasteiger partial charge in [-0.05, 0) is 124 Å². The fraction of sp³-hybridized carbons (Fsp3) is 0. The topological polar surface area (TPSA) is 55.1 Å². The molecule has 0 fully saturated rings. The normalized spacial score (nSPS) is 11.6. The van der Waals surface area contributed by atoms with Gasteiger partial charge in [0.25, 0.3) is 0 Å². The van der Waals surface area contributed by atoms with Gasteiger partial charge in [-0.2, -0.15) is 0 Å². The molecule has 0 atom stereocenters. The van der Waals surface area contributed by atoms with Gasteiger partial charge in [0.05, 0.1) is 11.0 Å². The van der Waals surface area contributed by atoms with E-state index in [4.69, 9.17) is 14.4 Å². The Morgan fingerprint density at radius 2 is 0.893 bits per heavy atom. The number of pyridine rings is 3. The highest BCUT2D eigenvalue weighted by Gasteiger charge is 2.16. The van der Waals surface area contributed by atoms with Gasteiger partial charge in [-0.3, -0.25) is 9.97 Å². The number of hydrogen-bond acceptors (Lipinski definition) is 5. The van der Waals surface area contributed by atoms with E-state index >= 15 is 0 Å². The second kappa shape index (κ2) is 13.0. The first-order valence-corrected chi connectivity index (χ1v) is 18.7. The molecule has 5 heteroatoms. The monoisotopic (exact) mass is 716 g/mol. The summed E-state index contributed by atoms with van der Waals surface area (Å²) in [6.07, 6.45) is 5.68. The van der Waals surface area contributed by atoms with E-state index in [1.165, 1.54) is 5.39 Å². The molecule has 0 aliphatic carbocycles. The Balaban J connectivity index is 0.974. The highest BCUT2D eigenvalue weighted by Crippen LogP contribution is 2.39. The second-order valence-corrected chi connectivity index (χ2v) is 14.2. The van der Waals surface area contributed by atoms with Crippen molar-refractivity contribution in [1.82, 2.24) is 15.0 Å². The van der Waals surface area contributed by atoms with Gasteiger partial charge in [0.2, 0.25) is 5.71 Å². The summed E-state index contributed by atoms with van der Waals surface area (Å²) >= 11 is 0. The van der Waals surface area contributed by atoms with Crippen LogP contribution >= 0.6 is 0 Å². The Kier molecular flexibility index (Phi) is 7.42. The van der Waals surface area contributed by atoms with Crippen LogP contribution in [0.3, 0.4) is 0 Å². The van der Waals surface area contributed by atoms with Gasteiger partial charge in [0.15, 0.2) is 0 Å². The van der Waals surface area contributed by atoms with Crippen LogP contribution in [0.15, 0.2) is 199 Å². The third kappa shape index (κ3) is 5.62. The van der Waals surface area contributed by atoms with Crippen LogP contribution in [0, 0.1) is 0 Å². The predicted octanol–water partition coefficient (Wildman–Crippen LogP) is 13.7. The minimum absolute atomic E-state index is 0.663. The number of furan rings is 1. The maximum absolute atomic E-state index is 5.99. The lowest BCUT2D eigenvalue weighted by Gasteiger charge is -2.26. The molecule has 4 heterocycles. The van der Waals surface area contributed by atoms with Gasteiger partial charge >= 0.3 is 0 Å². The molecular formula is C51H32N4O. The maximum Gasteiger partial charge on any atom is 0.227 e. The molecule has 0 amide bonds. The van der Waals surface area contributed by atoms with Crippen molar-refractivity contribution in [3.05, 3.63) is 195 Å². The van der Waals surface area contributed by atoms with Crippen molar-refractivity contribution in [2.75, 3.05) is 4.90 Å². The van der Waals surface area contributed by atoms with Crippen molar-refractivity contribution in [1.29, 1.82) is 0 Å². The summed E-state index contributed by atoms with van der Waals surface area (Å²) in [4.78, 5) is 16.2. The van der Waals surface area contributed by atoms with Crippen molar-refractivity contribution in [2.24, 2.45) is 0 Å². The molecule has 0 unspecified atom stereocenters. The van der Waals surface area contributed by atoms with E-state index in [-0.39, 0.29) is 0 Å². The molecule has 0 spiro atoms. The van der Waals surface area contributed by atoms with Gasteiger partial charge in [-0.25, -0.2) is 4.98 Å². The van der Waals surface area contributed by atoms with E-state index < -0.39 is 0 Å². The van der Waals surface area contributed by atoms with Gasteiger partial charge < -0.3 is 9.32 Å². The summed E-state index contributed by atoms with van der Waals surface area (Å²) in [6, 6.07) is 62.2. The van der Waals surface area contributed by atoms with Crippen LogP contribution in [-0.4, -0.2) is 15.0 Å². The van der Waals surface area contributed by atoms with Crippen molar-refractivity contribution < 1.29 is 4.42 Å². The van der Waals surface area contributed by atoms with Gasteiger partial charge in [-0.1, -0.05) is 84.9 Å². The van der Waals surface area contributed by atoms with Crippen molar-refractivity contribution in [3.8, 4) is 33.4 Å². The molecule has 0 saturated carbocycles. The average molecular weight is 717 g/mol. The molecule has 0 bridgehead atoms. The lowest BCUT2D eigenvalue weighted by atomic mass is 9.99. The van der Waals surface area contributed by atoms with Gasteiger partial charge in [0.1, 0.15) is 5.58 Å². The molecule has 5 nitrogen and oxygen atoms in total. The standard InChI is InChI=1S/C51H32N4O/c1-3-9-48-39(6-1)27-41(31-53-48)33-13-19-43(20-14-33)55(44-21-15-34(16-22-44)42-28-40-7-2-4-10-49(40)54-32-42)45-23-17-36-26-35(11-12-37(36)29-45)38-18-24-50-47(30-38)46-8-5-25-52-51(46)56-50/h1-32H. The lowest BCUT2D eigenvalue weighted by Crippen LogP contribution is -2.09. The van der Waals surface area contributed by atoms with Crippen LogP contribution in [0.2, 0.25) is 0 Å². The smallest absolute Gasteiger partial charge is 0.227 e. The Hall–Kier alpha value is -7.63. The zero-order chi connectivity index (χ0) is 37.0. The summed E-state index contributed by atoms with van der Waals surface area (Å²) in [6.45, 7) is 0. The first-order valence-electron chi connectivity index (χ1n) is 18.7. The van der Waals surface area contributed by atoms with Crippen LogP contribution in [0.25, 0.3) is 88.0 Å². The highest BCUT2D eigenvalue weighted by atomic mass is 16.3. The molecule has 4 aromatic heterocycles. The highest BCUT2D eigenvalue weighted by molar-refractivity contribution is 6.05. The lowest BCUT2D eigenvalue weighted by molar-refractivity contribution is 0.654. The number of para-hydroxylation sites is 2. The number of fused-ring (bicyclic) bond motifs is 6. The number of anilines is 3. The zero-order valence-electron chi connectivity index (χ0n) is 30.2. The maximum atomic E-state index is 5.99. The van der Waals surface area contributed by atoms with Crippen molar-refractivity contribution >= 4 is 71.7 Å². The minimum atomic E-state index is 0.663. The summed E-state index contributed by atoms with van der Waals surface area (Å²) in [7, 11) is 0. The minimum Gasteiger partial charge on any atom is -0.438 e. The Morgan fingerprint density at radius 3 is 1.57 bits per heavy atom. The summed E-state index contributed by atoms with van der Waals surface area (Å²) < 4.78 is 5.99. The number of nitrogens with zero attached hydrogens (tertiary/aromatic N) is 4. The molecule has 0 N–H and O–H groups in total. The molecule has 0 radical (unpaired) electrons. The van der Waals surface area contributed by atoms with Gasteiger partial charge in [-0.15, -0.1) is 0 Å². The first kappa shape index (κ1) is 31.9. The predicted molar refractivity (Wildman–Crippen MR) is 231 cm³/mol. The number of hydrogen-bond donors (Lipinski definition) is 0. The Labute approximate surface area is 322 Å². The average Bonchev–Trinajstić information content (AvgIpc) is 3.64. The summed E-state index contributed by atoms with van der Waals surface area (Å²) in [5.41, 5.74) is 13.4. The quantitative estimate of drug-likeness (QED) is 0.171. The van der Waals surface area contributed by atoms with E-state index in [0.29, 0.717) is 5.71 Å². The SMILES string of the molecule is c1ccc2ncc(-c3ccc(N(c4ccc(-c5cnc6ccccc6c5)cc4)c4ccc5cc(-c6ccc7oc8ncccc8c7c6)ccc5c4)cc3)cc2c1. The van der Waals surface area contributed by atoms with Crippen LogP contribution in [0.4, 0.5) is 17.1 Å². The molecule has 0 saturated heterocycles. The molecule has 11 rings (SSSR count). The first-order chi connectivity index (χ1) is 27.7. The number of benzene rings is 7. The van der Waals surface area contributed by atoms with Crippen LogP contribution < -0.4 is 4.90 Å². The molecule has 56 heavy (non-hydrogen) atoms. The summed E-state index contributed by atoms with van der Waals surface area (Å²) in [5.74, 6) is 0. The Bertz CT molecular complexity index is 3140. The van der Waals surface area contributed by atoms with E-state index in [2.05, 4.69) is 149 Å². The van der Waals surface area contributed by atoms with Crippen molar-refractivity contribution in [3.63, 3.8) is 0 Å². The number of rotatable bonds is 6. The Morgan fingerprint density at radius 1 is 0.357 bits per heavy atom. The molecular weight excluding hydrogens is 685 g/mol. The fourth-order valence-electron chi connectivity index (χ4n) is 7.85. The molecule has 0 aliphatic rings. The van der Waals surface area contributed by atoms with Crippen LogP contribution in [-0.2, 0) is 0 Å². The van der Waals surface area contributed by atoms with Gasteiger partial charge in [0, 0.05) is 68.3 Å². The second-order valence-electron chi connectivity index (χ2n) is 14.2. The van der Waals surface area contributed by atoms with E-state index in [9.17, 15) is 0 Å². The summed E-state index contributed by atoms with van der Waals surface area (Å²) in [5, 5.41) is 6.69. The fourth-order valence-corrected chi connectivity index (χ4v) is 7.85. The van der Waals surface area contributed by atoms with Crippen LogP contribution in [0.5, 0.6) is 0 Å². The number of aromatic nitrogens is 3.